The molecule has 3 rings (SSSR count). The lowest BCUT2D eigenvalue weighted by Gasteiger charge is -2.35. The van der Waals surface area contributed by atoms with Gasteiger partial charge in [0.2, 0.25) is 10.0 Å². The molecule has 0 N–H and O–H groups in total. The molecule has 0 saturated carbocycles. The van der Waals surface area contributed by atoms with E-state index in [0.29, 0.717) is 19.6 Å². The van der Waals surface area contributed by atoms with Crippen LogP contribution in [0.15, 0.2) is 17.2 Å². The molecular formula is C19H29N3O5S. The lowest BCUT2D eigenvalue weighted by atomic mass is 10.00. The molecule has 2 fully saturated rings. The molecule has 156 valence electrons. The summed E-state index contributed by atoms with van der Waals surface area (Å²) in [6.45, 7) is 3.42. The van der Waals surface area contributed by atoms with E-state index in [1.165, 1.54) is 21.1 Å². The number of hydrogen-bond acceptors (Lipinski definition) is 5. The molecule has 2 aliphatic rings. The van der Waals surface area contributed by atoms with Gasteiger partial charge in [-0.1, -0.05) is 6.92 Å². The van der Waals surface area contributed by atoms with Gasteiger partial charge in [0.25, 0.3) is 5.91 Å². The molecule has 28 heavy (non-hydrogen) atoms. The van der Waals surface area contributed by atoms with Crippen molar-refractivity contribution in [3.05, 3.63) is 18.0 Å². The molecule has 1 aromatic rings. The summed E-state index contributed by atoms with van der Waals surface area (Å²) in [4.78, 5) is 26.8. The number of amides is 1. The largest absolute Gasteiger partial charge is 0.451 e. The van der Waals surface area contributed by atoms with Gasteiger partial charge in [-0.2, -0.15) is 4.31 Å². The minimum absolute atomic E-state index is 0.0808. The molecule has 2 aliphatic heterocycles. The molecule has 0 radical (unpaired) electrons. The van der Waals surface area contributed by atoms with Crippen molar-refractivity contribution in [1.29, 1.82) is 0 Å². The third kappa shape index (κ3) is 4.25. The summed E-state index contributed by atoms with van der Waals surface area (Å²) in [7, 11) is -2.01. The Balaban J connectivity index is 1.65. The molecule has 1 unspecified atom stereocenters. The number of hydrogen-bond donors (Lipinski definition) is 0. The van der Waals surface area contributed by atoms with Gasteiger partial charge in [0.15, 0.2) is 6.61 Å². The van der Waals surface area contributed by atoms with Crippen molar-refractivity contribution in [2.24, 2.45) is 7.05 Å². The topological polar surface area (TPSA) is 88.9 Å². The number of esters is 1. The number of carbonyl (C=O) groups excluding carboxylic acids is 2. The number of aryl methyl sites for hydroxylation is 1. The first-order valence-electron chi connectivity index (χ1n) is 9.97. The summed E-state index contributed by atoms with van der Waals surface area (Å²) in [5, 5.41) is 0. The van der Waals surface area contributed by atoms with E-state index in [1.54, 1.807) is 11.9 Å². The lowest BCUT2D eigenvalue weighted by Crippen LogP contribution is -2.45. The summed E-state index contributed by atoms with van der Waals surface area (Å²) in [5.74, 6) is -0.886. The van der Waals surface area contributed by atoms with Crippen LogP contribution in [0.2, 0.25) is 0 Å². The van der Waals surface area contributed by atoms with Gasteiger partial charge in [-0.25, -0.2) is 13.2 Å². The minimum Gasteiger partial charge on any atom is -0.451 e. The fourth-order valence-electron chi connectivity index (χ4n) is 3.99. The molecule has 1 atom stereocenters. The number of ether oxygens (including phenoxy) is 1. The van der Waals surface area contributed by atoms with Crippen molar-refractivity contribution >= 4 is 21.9 Å². The summed E-state index contributed by atoms with van der Waals surface area (Å²) >= 11 is 0. The second-order valence-electron chi connectivity index (χ2n) is 7.50. The van der Waals surface area contributed by atoms with E-state index in [0.717, 1.165) is 38.5 Å². The van der Waals surface area contributed by atoms with Gasteiger partial charge in [-0.05, 0) is 44.6 Å². The number of rotatable bonds is 6. The Bertz CT molecular complexity index is 827. The SMILES string of the molecule is CCC1CCCCN1C(=O)COC(=O)c1cc(S(=O)(=O)N2CCCC2)cn1C. The van der Waals surface area contributed by atoms with E-state index in [1.807, 2.05) is 0 Å². The van der Waals surface area contributed by atoms with Crippen LogP contribution in [0.3, 0.4) is 0 Å². The maximum absolute atomic E-state index is 12.7. The Kier molecular flexibility index (Phi) is 6.44. The molecule has 9 heteroatoms. The van der Waals surface area contributed by atoms with Gasteiger partial charge in [-0.3, -0.25) is 4.79 Å². The third-order valence-electron chi connectivity index (χ3n) is 5.64. The van der Waals surface area contributed by atoms with Gasteiger partial charge >= 0.3 is 5.97 Å². The zero-order valence-corrected chi connectivity index (χ0v) is 17.4. The van der Waals surface area contributed by atoms with Gasteiger partial charge in [-0.15, -0.1) is 0 Å². The molecular weight excluding hydrogens is 382 g/mol. The average Bonchev–Trinajstić information content (AvgIpc) is 3.36. The quantitative estimate of drug-likeness (QED) is 0.666. The Morgan fingerprint density at radius 3 is 2.50 bits per heavy atom. The van der Waals surface area contributed by atoms with Crippen molar-refractivity contribution in [3.63, 3.8) is 0 Å². The van der Waals surface area contributed by atoms with Crippen LogP contribution in [0.25, 0.3) is 0 Å². The molecule has 0 aromatic carbocycles. The van der Waals surface area contributed by atoms with Crippen molar-refractivity contribution in [3.8, 4) is 0 Å². The van der Waals surface area contributed by atoms with Gasteiger partial charge in [0, 0.05) is 38.9 Å². The second kappa shape index (κ2) is 8.65. The zero-order chi connectivity index (χ0) is 20.3. The number of piperidine rings is 1. The first-order valence-corrected chi connectivity index (χ1v) is 11.4. The van der Waals surface area contributed by atoms with Crippen LogP contribution < -0.4 is 0 Å². The molecule has 0 bridgehead atoms. The highest BCUT2D eigenvalue weighted by atomic mass is 32.2. The second-order valence-corrected chi connectivity index (χ2v) is 9.44. The first kappa shape index (κ1) is 20.9. The van der Waals surface area contributed by atoms with E-state index in [2.05, 4.69) is 6.92 Å². The van der Waals surface area contributed by atoms with E-state index < -0.39 is 16.0 Å². The first-order chi connectivity index (χ1) is 13.3. The maximum atomic E-state index is 12.7. The van der Waals surface area contributed by atoms with Crippen molar-refractivity contribution in [2.75, 3.05) is 26.2 Å². The van der Waals surface area contributed by atoms with E-state index >= 15 is 0 Å². The van der Waals surface area contributed by atoms with E-state index in [4.69, 9.17) is 4.74 Å². The standard InChI is InChI=1S/C19H29N3O5S/c1-3-15-8-4-5-11-22(15)18(23)14-27-19(24)17-12-16(13-20(17)2)28(25,26)21-9-6-7-10-21/h12-13,15H,3-11,14H2,1-2H3. The Labute approximate surface area is 166 Å². The zero-order valence-electron chi connectivity index (χ0n) is 16.6. The fraction of sp³-hybridized carbons (Fsp3) is 0.684. The summed E-state index contributed by atoms with van der Waals surface area (Å²) in [6, 6.07) is 1.53. The number of sulfonamides is 1. The van der Waals surface area contributed by atoms with Crippen LogP contribution in [-0.4, -0.2) is 66.3 Å². The Morgan fingerprint density at radius 1 is 1.14 bits per heavy atom. The predicted molar refractivity (Wildman–Crippen MR) is 103 cm³/mol. The molecule has 8 nitrogen and oxygen atoms in total. The number of carbonyl (C=O) groups is 2. The highest BCUT2D eigenvalue weighted by molar-refractivity contribution is 7.89. The minimum atomic E-state index is -3.60. The summed E-state index contributed by atoms with van der Waals surface area (Å²) in [5.41, 5.74) is 0.122. The molecule has 3 heterocycles. The number of aromatic nitrogens is 1. The monoisotopic (exact) mass is 411 g/mol. The maximum Gasteiger partial charge on any atom is 0.355 e. The Hall–Kier alpha value is -1.87. The van der Waals surface area contributed by atoms with E-state index in [9.17, 15) is 18.0 Å². The van der Waals surface area contributed by atoms with Crippen LogP contribution in [0, 0.1) is 0 Å². The number of nitrogens with zero attached hydrogens (tertiary/aromatic N) is 3. The smallest absolute Gasteiger partial charge is 0.355 e. The Morgan fingerprint density at radius 2 is 1.82 bits per heavy atom. The lowest BCUT2D eigenvalue weighted by molar-refractivity contribution is -0.138. The van der Waals surface area contributed by atoms with Crippen LogP contribution >= 0.6 is 0 Å². The van der Waals surface area contributed by atoms with Crippen LogP contribution in [0.5, 0.6) is 0 Å². The molecule has 0 spiro atoms. The third-order valence-corrected chi connectivity index (χ3v) is 7.50. The van der Waals surface area contributed by atoms with Crippen LogP contribution in [0.1, 0.15) is 55.9 Å². The molecule has 1 aromatic heterocycles. The average molecular weight is 412 g/mol. The van der Waals surface area contributed by atoms with Crippen molar-refractivity contribution in [2.45, 2.75) is 56.4 Å². The fourth-order valence-corrected chi connectivity index (χ4v) is 5.58. The summed E-state index contributed by atoms with van der Waals surface area (Å²) in [6.07, 6.45) is 7.05. The number of likely N-dealkylation sites (tertiary alicyclic amines) is 1. The summed E-state index contributed by atoms with van der Waals surface area (Å²) < 4.78 is 33.4. The van der Waals surface area contributed by atoms with Gasteiger partial charge in [0.1, 0.15) is 10.6 Å². The van der Waals surface area contributed by atoms with Gasteiger partial charge < -0.3 is 14.2 Å². The van der Waals surface area contributed by atoms with Crippen LogP contribution in [-0.2, 0) is 26.6 Å². The van der Waals surface area contributed by atoms with Crippen molar-refractivity contribution < 1.29 is 22.7 Å². The predicted octanol–water partition coefficient (Wildman–Crippen LogP) is 1.76. The molecule has 2 saturated heterocycles. The van der Waals surface area contributed by atoms with Crippen molar-refractivity contribution in [1.82, 2.24) is 13.8 Å². The highest BCUT2D eigenvalue weighted by Crippen LogP contribution is 2.23. The highest BCUT2D eigenvalue weighted by Gasteiger charge is 2.30. The van der Waals surface area contributed by atoms with Crippen LogP contribution in [0.4, 0.5) is 0 Å². The normalized spacial score (nSPS) is 21.1. The van der Waals surface area contributed by atoms with Gasteiger partial charge in [0.05, 0.1) is 0 Å². The van der Waals surface area contributed by atoms with E-state index in [-0.39, 0.29) is 29.1 Å². The molecule has 0 aliphatic carbocycles. The molecule has 1 amide bonds.